The summed E-state index contributed by atoms with van der Waals surface area (Å²) in [4.78, 5) is 48.9. The van der Waals surface area contributed by atoms with Gasteiger partial charge >= 0.3 is 0 Å². The molecule has 3 amide bonds. The van der Waals surface area contributed by atoms with Crippen molar-refractivity contribution >= 4 is 34.3 Å². The Hall–Kier alpha value is -3.88. The van der Waals surface area contributed by atoms with Crippen molar-refractivity contribution in [1.82, 2.24) is 20.3 Å². The topological polar surface area (TPSA) is 123 Å². The summed E-state index contributed by atoms with van der Waals surface area (Å²) in [6.07, 6.45) is 1.30. The van der Waals surface area contributed by atoms with Crippen LogP contribution >= 0.6 is 0 Å². The quantitative estimate of drug-likeness (QED) is 0.605. The zero-order valence-corrected chi connectivity index (χ0v) is 16.9. The molecule has 1 aliphatic heterocycles. The van der Waals surface area contributed by atoms with Crippen LogP contribution in [0.15, 0.2) is 53.3 Å². The Bertz CT molecular complexity index is 1230. The number of piperidine rings is 1. The van der Waals surface area contributed by atoms with Crippen molar-refractivity contribution in [2.45, 2.75) is 38.1 Å². The third-order valence-corrected chi connectivity index (χ3v) is 5.71. The third kappa shape index (κ3) is 3.81. The van der Waals surface area contributed by atoms with Gasteiger partial charge in [-0.3, -0.25) is 24.5 Å². The van der Waals surface area contributed by atoms with E-state index in [1.165, 1.54) is 0 Å². The number of nitrogens with zero attached hydrogens (tertiary/aromatic N) is 3. The number of carbonyl (C=O) groups excluding carboxylic acids is 3. The van der Waals surface area contributed by atoms with Gasteiger partial charge in [0.2, 0.25) is 17.7 Å². The number of aromatic nitrogens is 3. The summed E-state index contributed by atoms with van der Waals surface area (Å²) >= 11 is 0. The molecule has 2 aromatic carbocycles. The lowest BCUT2D eigenvalue weighted by molar-refractivity contribution is -0.138. The fourth-order valence-electron chi connectivity index (χ4n) is 3.90. The van der Waals surface area contributed by atoms with Gasteiger partial charge in [-0.2, -0.15) is 0 Å². The van der Waals surface area contributed by atoms with Gasteiger partial charge in [0.15, 0.2) is 0 Å². The molecule has 1 fully saturated rings. The van der Waals surface area contributed by atoms with E-state index in [2.05, 4.69) is 20.9 Å². The van der Waals surface area contributed by atoms with Gasteiger partial charge < -0.3 is 5.32 Å². The number of fused-ring (bicyclic) bond motifs is 1. The van der Waals surface area contributed by atoms with E-state index in [-0.39, 0.29) is 23.9 Å². The molecule has 1 saturated heterocycles. The van der Waals surface area contributed by atoms with Gasteiger partial charge in [-0.15, -0.1) is 5.10 Å². The zero-order valence-electron chi connectivity index (χ0n) is 16.9. The molecule has 4 rings (SSSR count). The lowest BCUT2D eigenvalue weighted by atomic mass is 9.72. The van der Waals surface area contributed by atoms with Crippen molar-refractivity contribution in [2.75, 3.05) is 5.32 Å². The zero-order chi connectivity index (χ0) is 22.0. The van der Waals surface area contributed by atoms with Crippen molar-refractivity contribution in [2.24, 2.45) is 0 Å². The van der Waals surface area contributed by atoms with Crippen LogP contribution in [0.25, 0.3) is 10.9 Å². The van der Waals surface area contributed by atoms with Crippen LogP contribution in [-0.2, 0) is 26.3 Å². The molecule has 2 N–H and O–H groups in total. The molecule has 31 heavy (non-hydrogen) atoms. The molecular weight excluding hydrogens is 398 g/mol. The van der Waals surface area contributed by atoms with Crippen molar-refractivity contribution in [1.29, 1.82) is 0 Å². The lowest BCUT2D eigenvalue weighted by Gasteiger charge is -2.35. The highest BCUT2D eigenvalue weighted by molar-refractivity contribution is 6.03. The molecule has 2 heterocycles. The van der Waals surface area contributed by atoms with E-state index in [0.29, 0.717) is 35.9 Å². The maximum atomic E-state index is 12.5. The number of hydrogen-bond acceptors (Lipinski definition) is 6. The Morgan fingerprint density at radius 2 is 1.87 bits per heavy atom. The molecule has 0 spiro atoms. The van der Waals surface area contributed by atoms with E-state index >= 15 is 0 Å². The predicted molar refractivity (Wildman–Crippen MR) is 113 cm³/mol. The number of carbonyl (C=O) groups is 3. The Morgan fingerprint density at radius 1 is 1.13 bits per heavy atom. The summed E-state index contributed by atoms with van der Waals surface area (Å²) in [5, 5.41) is 13.3. The molecule has 1 aromatic heterocycles. The molecule has 0 bridgehead atoms. The summed E-state index contributed by atoms with van der Waals surface area (Å²) in [6.45, 7) is 1.63. The van der Waals surface area contributed by atoms with Gasteiger partial charge in [-0.1, -0.05) is 36.4 Å². The van der Waals surface area contributed by atoms with Crippen molar-refractivity contribution in [3.63, 3.8) is 0 Å². The average molecular weight is 419 g/mol. The molecule has 9 heteroatoms. The minimum atomic E-state index is -0.759. The monoisotopic (exact) mass is 419 g/mol. The Kier molecular flexibility index (Phi) is 5.33. The highest BCUT2D eigenvalue weighted by Gasteiger charge is 2.42. The highest BCUT2D eigenvalue weighted by Crippen LogP contribution is 2.36. The van der Waals surface area contributed by atoms with Crippen LogP contribution in [0.5, 0.6) is 0 Å². The first kappa shape index (κ1) is 20.4. The van der Waals surface area contributed by atoms with Crippen LogP contribution in [-0.4, -0.2) is 32.7 Å². The minimum Gasteiger partial charge on any atom is -0.324 e. The summed E-state index contributed by atoms with van der Waals surface area (Å²) in [6, 6.07) is 13.7. The van der Waals surface area contributed by atoms with Crippen LogP contribution in [0.3, 0.4) is 0 Å². The molecule has 9 nitrogen and oxygen atoms in total. The summed E-state index contributed by atoms with van der Waals surface area (Å²) in [7, 11) is 0. The molecular formula is C22H21N5O4. The standard InChI is InChI=1S/C22H21N5O4/c1-2-22(12-11-18(28)24-21(22)31)14-7-9-15(10-8-14)23-19(29)13-27-20(30)16-5-3-4-6-17(16)25-26-27/h3-10H,2,11-13H2,1H3,(H,23,29)(H,24,28,31). The van der Waals surface area contributed by atoms with Gasteiger partial charge in [0.25, 0.3) is 5.56 Å². The minimum absolute atomic E-state index is 0.259. The molecule has 0 radical (unpaired) electrons. The van der Waals surface area contributed by atoms with E-state index in [1.807, 2.05) is 6.92 Å². The van der Waals surface area contributed by atoms with E-state index in [9.17, 15) is 19.2 Å². The number of imide groups is 1. The number of rotatable bonds is 5. The Balaban J connectivity index is 1.49. The molecule has 0 aliphatic carbocycles. The first-order valence-electron chi connectivity index (χ1n) is 10.00. The van der Waals surface area contributed by atoms with Gasteiger partial charge in [0, 0.05) is 12.1 Å². The first-order valence-corrected chi connectivity index (χ1v) is 10.00. The maximum Gasteiger partial charge on any atom is 0.278 e. The number of hydrogen-bond donors (Lipinski definition) is 2. The van der Waals surface area contributed by atoms with Crippen LogP contribution < -0.4 is 16.2 Å². The van der Waals surface area contributed by atoms with Crippen molar-refractivity contribution < 1.29 is 14.4 Å². The number of amides is 3. The van der Waals surface area contributed by atoms with Gasteiger partial charge in [0.1, 0.15) is 12.1 Å². The summed E-state index contributed by atoms with van der Waals surface area (Å²) < 4.78 is 1.02. The first-order chi connectivity index (χ1) is 14.9. The van der Waals surface area contributed by atoms with E-state index < -0.39 is 11.3 Å². The predicted octanol–water partition coefficient (Wildman–Crippen LogP) is 1.51. The molecule has 3 aromatic rings. The normalized spacial score (nSPS) is 18.6. The van der Waals surface area contributed by atoms with Crippen LogP contribution in [0.1, 0.15) is 31.7 Å². The van der Waals surface area contributed by atoms with E-state index in [0.717, 1.165) is 10.2 Å². The summed E-state index contributed by atoms with van der Waals surface area (Å²) in [5.41, 5.74) is 0.630. The number of anilines is 1. The SMILES string of the molecule is CCC1(c2ccc(NC(=O)Cn3nnc4ccccc4c3=O)cc2)CCC(=O)NC1=O. The van der Waals surface area contributed by atoms with E-state index in [1.54, 1.807) is 48.5 Å². The van der Waals surface area contributed by atoms with Crippen LogP contribution in [0, 0.1) is 0 Å². The van der Waals surface area contributed by atoms with Crippen LogP contribution in [0.2, 0.25) is 0 Å². The number of nitrogens with one attached hydrogen (secondary N) is 2. The van der Waals surface area contributed by atoms with Crippen molar-refractivity contribution in [3.8, 4) is 0 Å². The van der Waals surface area contributed by atoms with Gasteiger partial charge in [-0.25, -0.2) is 4.68 Å². The van der Waals surface area contributed by atoms with Gasteiger partial charge in [0.05, 0.1) is 10.8 Å². The fraction of sp³-hybridized carbons (Fsp3) is 0.273. The molecule has 0 saturated carbocycles. The smallest absolute Gasteiger partial charge is 0.278 e. The van der Waals surface area contributed by atoms with E-state index in [4.69, 9.17) is 0 Å². The van der Waals surface area contributed by atoms with Crippen LogP contribution in [0.4, 0.5) is 5.69 Å². The molecule has 1 aliphatic rings. The second-order valence-corrected chi connectivity index (χ2v) is 7.51. The Labute approximate surface area is 177 Å². The average Bonchev–Trinajstić information content (AvgIpc) is 2.77. The molecule has 1 atom stereocenters. The Morgan fingerprint density at radius 3 is 2.58 bits per heavy atom. The lowest BCUT2D eigenvalue weighted by Crippen LogP contribution is -2.51. The largest absolute Gasteiger partial charge is 0.324 e. The van der Waals surface area contributed by atoms with Gasteiger partial charge in [-0.05, 0) is 42.7 Å². The molecule has 158 valence electrons. The second-order valence-electron chi connectivity index (χ2n) is 7.51. The maximum absolute atomic E-state index is 12.5. The second kappa shape index (κ2) is 8.10. The summed E-state index contributed by atoms with van der Waals surface area (Å²) in [5.74, 6) is -0.979. The fourth-order valence-corrected chi connectivity index (χ4v) is 3.90. The van der Waals surface area contributed by atoms with Crippen molar-refractivity contribution in [3.05, 3.63) is 64.4 Å². The highest BCUT2D eigenvalue weighted by atomic mass is 16.2. The number of benzene rings is 2. The molecule has 1 unspecified atom stereocenters. The third-order valence-electron chi connectivity index (χ3n) is 5.71.